The molecule has 0 saturated carbocycles. The largest absolute Gasteiger partial charge is 0.360 e. The normalized spacial score (nSPS) is 10.5. The highest BCUT2D eigenvalue weighted by molar-refractivity contribution is 7.18. The molecule has 90 valence electrons. The number of hydrogen-bond donors (Lipinski definition) is 1. The Labute approximate surface area is 114 Å². The van der Waals surface area contributed by atoms with E-state index in [9.17, 15) is 0 Å². The van der Waals surface area contributed by atoms with Crippen molar-refractivity contribution < 1.29 is 0 Å². The maximum atomic E-state index is 5.95. The van der Waals surface area contributed by atoms with Crippen LogP contribution in [0.5, 0.6) is 0 Å². The van der Waals surface area contributed by atoms with Crippen molar-refractivity contribution in [3.05, 3.63) is 28.2 Å². The molecular weight excluding hydrogens is 277 g/mol. The van der Waals surface area contributed by atoms with Crippen LogP contribution in [0.25, 0.3) is 10.6 Å². The highest BCUT2D eigenvalue weighted by Crippen LogP contribution is 2.30. The number of anilines is 1. The Kier molecular flexibility index (Phi) is 4.20. The first kappa shape index (κ1) is 12.6. The van der Waals surface area contributed by atoms with Gasteiger partial charge < -0.3 is 5.32 Å². The quantitative estimate of drug-likeness (QED) is 0.909. The predicted octanol–water partition coefficient (Wildman–Crippen LogP) is 4.33. The number of benzene rings is 1. The van der Waals surface area contributed by atoms with E-state index in [-0.39, 0.29) is 0 Å². The van der Waals surface area contributed by atoms with Crippen molar-refractivity contribution in [3.8, 4) is 10.6 Å². The van der Waals surface area contributed by atoms with Gasteiger partial charge in [0.05, 0.1) is 0 Å². The van der Waals surface area contributed by atoms with Gasteiger partial charge in [0.15, 0.2) is 0 Å². The Morgan fingerprint density at radius 1 is 1.18 bits per heavy atom. The molecule has 6 heteroatoms. The van der Waals surface area contributed by atoms with Crippen LogP contribution in [-0.4, -0.2) is 16.7 Å². The molecule has 1 aromatic heterocycles. The van der Waals surface area contributed by atoms with Crippen molar-refractivity contribution in [1.82, 2.24) is 10.2 Å². The monoisotopic (exact) mass is 287 g/mol. The molecule has 3 nitrogen and oxygen atoms in total. The first-order valence-corrected chi connectivity index (χ1v) is 6.80. The fraction of sp³-hybridized carbons (Fsp3) is 0.273. The van der Waals surface area contributed by atoms with Crippen LogP contribution in [0.2, 0.25) is 10.0 Å². The van der Waals surface area contributed by atoms with Crippen molar-refractivity contribution >= 4 is 39.7 Å². The maximum Gasteiger partial charge on any atom is 0.206 e. The van der Waals surface area contributed by atoms with Crippen LogP contribution < -0.4 is 5.32 Å². The van der Waals surface area contributed by atoms with Gasteiger partial charge in [0.25, 0.3) is 0 Å². The molecule has 0 aliphatic carbocycles. The van der Waals surface area contributed by atoms with Crippen LogP contribution in [0.15, 0.2) is 18.2 Å². The topological polar surface area (TPSA) is 37.8 Å². The molecule has 0 aliphatic heterocycles. The van der Waals surface area contributed by atoms with Gasteiger partial charge >= 0.3 is 0 Å². The molecule has 0 spiro atoms. The van der Waals surface area contributed by atoms with Gasteiger partial charge in [0.2, 0.25) is 5.13 Å². The predicted molar refractivity (Wildman–Crippen MR) is 74.1 cm³/mol. The summed E-state index contributed by atoms with van der Waals surface area (Å²) in [4.78, 5) is 0. The van der Waals surface area contributed by atoms with Crippen LogP contribution in [-0.2, 0) is 0 Å². The third-order valence-electron chi connectivity index (χ3n) is 2.06. The number of nitrogens with one attached hydrogen (secondary N) is 1. The van der Waals surface area contributed by atoms with E-state index in [1.165, 1.54) is 11.3 Å². The molecule has 0 unspecified atom stereocenters. The van der Waals surface area contributed by atoms with E-state index in [1.54, 1.807) is 6.07 Å². The fourth-order valence-electron chi connectivity index (χ4n) is 1.32. The molecule has 0 radical (unpaired) electrons. The number of nitrogens with zero attached hydrogens (tertiary/aromatic N) is 2. The Morgan fingerprint density at radius 2 is 1.88 bits per heavy atom. The summed E-state index contributed by atoms with van der Waals surface area (Å²) in [5.74, 6) is 0. The Hall–Kier alpha value is -0.840. The van der Waals surface area contributed by atoms with Crippen molar-refractivity contribution in [1.29, 1.82) is 0 Å². The standard InChI is InChI=1S/C11H11Cl2N3S/c1-2-3-14-11-16-15-10(17-11)7-4-8(12)6-9(13)5-7/h4-6H,2-3H2,1H3,(H,14,16). The van der Waals surface area contributed by atoms with Gasteiger partial charge in [-0.3, -0.25) is 0 Å². The summed E-state index contributed by atoms with van der Waals surface area (Å²) in [5, 5.41) is 14.2. The molecular formula is C11H11Cl2N3S. The van der Waals surface area contributed by atoms with Gasteiger partial charge in [-0.05, 0) is 24.6 Å². The van der Waals surface area contributed by atoms with E-state index in [2.05, 4.69) is 22.4 Å². The molecule has 0 fully saturated rings. The molecule has 0 aliphatic rings. The molecule has 17 heavy (non-hydrogen) atoms. The molecule has 2 aromatic rings. The summed E-state index contributed by atoms with van der Waals surface area (Å²) in [6, 6.07) is 5.36. The van der Waals surface area contributed by atoms with Crippen molar-refractivity contribution in [2.75, 3.05) is 11.9 Å². The van der Waals surface area contributed by atoms with Crippen LogP contribution in [0.4, 0.5) is 5.13 Å². The average Bonchev–Trinajstić information content (AvgIpc) is 2.73. The molecule has 2 rings (SSSR count). The van der Waals surface area contributed by atoms with E-state index < -0.39 is 0 Å². The van der Waals surface area contributed by atoms with Crippen molar-refractivity contribution in [2.45, 2.75) is 13.3 Å². The Morgan fingerprint density at radius 3 is 2.53 bits per heavy atom. The van der Waals surface area contributed by atoms with Gasteiger partial charge in [-0.25, -0.2) is 0 Å². The van der Waals surface area contributed by atoms with E-state index >= 15 is 0 Å². The zero-order valence-electron chi connectivity index (χ0n) is 9.20. The molecule has 0 amide bonds. The number of rotatable bonds is 4. The molecule has 0 bridgehead atoms. The summed E-state index contributed by atoms with van der Waals surface area (Å²) in [5.41, 5.74) is 0.893. The Bertz CT molecular complexity index is 493. The smallest absolute Gasteiger partial charge is 0.206 e. The summed E-state index contributed by atoms with van der Waals surface area (Å²) < 4.78 is 0. The molecule has 1 aromatic carbocycles. The number of halogens is 2. The van der Waals surface area contributed by atoms with E-state index in [0.29, 0.717) is 10.0 Å². The first-order valence-electron chi connectivity index (χ1n) is 5.23. The average molecular weight is 288 g/mol. The molecule has 0 saturated heterocycles. The zero-order chi connectivity index (χ0) is 12.3. The second-order valence-corrected chi connectivity index (χ2v) is 5.35. The second kappa shape index (κ2) is 5.67. The lowest BCUT2D eigenvalue weighted by Crippen LogP contribution is -1.98. The Balaban J connectivity index is 2.24. The van der Waals surface area contributed by atoms with Crippen molar-refractivity contribution in [3.63, 3.8) is 0 Å². The second-order valence-electron chi connectivity index (χ2n) is 3.50. The van der Waals surface area contributed by atoms with Crippen LogP contribution >= 0.6 is 34.5 Å². The van der Waals surface area contributed by atoms with E-state index in [1.807, 2.05) is 12.1 Å². The lowest BCUT2D eigenvalue weighted by Gasteiger charge is -1.98. The molecule has 1 N–H and O–H groups in total. The van der Waals surface area contributed by atoms with Crippen molar-refractivity contribution in [2.24, 2.45) is 0 Å². The third kappa shape index (κ3) is 3.31. The molecule has 1 heterocycles. The van der Waals surface area contributed by atoms with Gasteiger partial charge in [0.1, 0.15) is 5.01 Å². The number of aromatic nitrogens is 2. The summed E-state index contributed by atoms with van der Waals surface area (Å²) >= 11 is 13.4. The minimum Gasteiger partial charge on any atom is -0.360 e. The first-order chi connectivity index (χ1) is 8.19. The molecule has 0 atom stereocenters. The van der Waals surface area contributed by atoms with Crippen LogP contribution in [0.3, 0.4) is 0 Å². The minimum absolute atomic E-state index is 0.603. The van der Waals surface area contributed by atoms with E-state index in [0.717, 1.165) is 28.7 Å². The lowest BCUT2D eigenvalue weighted by atomic mass is 10.2. The SMILES string of the molecule is CCCNc1nnc(-c2cc(Cl)cc(Cl)c2)s1. The van der Waals surface area contributed by atoms with E-state index in [4.69, 9.17) is 23.2 Å². The number of hydrogen-bond acceptors (Lipinski definition) is 4. The third-order valence-corrected chi connectivity index (χ3v) is 3.43. The fourth-order valence-corrected chi connectivity index (χ4v) is 2.60. The van der Waals surface area contributed by atoms with Gasteiger partial charge in [-0.1, -0.05) is 41.5 Å². The highest BCUT2D eigenvalue weighted by atomic mass is 35.5. The van der Waals surface area contributed by atoms with Crippen LogP contribution in [0, 0.1) is 0 Å². The highest BCUT2D eigenvalue weighted by Gasteiger charge is 2.07. The maximum absolute atomic E-state index is 5.95. The van der Waals surface area contributed by atoms with Gasteiger partial charge in [-0.15, -0.1) is 10.2 Å². The summed E-state index contributed by atoms with van der Waals surface area (Å²) in [6.07, 6.45) is 1.05. The summed E-state index contributed by atoms with van der Waals surface area (Å²) in [6.45, 7) is 3.00. The lowest BCUT2D eigenvalue weighted by molar-refractivity contribution is 0.964. The zero-order valence-corrected chi connectivity index (χ0v) is 11.5. The van der Waals surface area contributed by atoms with Crippen LogP contribution in [0.1, 0.15) is 13.3 Å². The van der Waals surface area contributed by atoms with Gasteiger partial charge in [-0.2, -0.15) is 0 Å². The summed E-state index contributed by atoms with van der Waals surface area (Å²) in [7, 11) is 0. The van der Waals surface area contributed by atoms with Gasteiger partial charge in [0, 0.05) is 22.2 Å². The minimum atomic E-state index is 0.603.